The molecule has 1 heterocycles. The Hall–Kier alpha value is -2.68. The summed E-state index contributed by atoms with van der Waals surface area (Å²) in [5.41, 5.74) is 5.63. The van der Waals surface area contributed by atoms with Gasteiger partial charge in [-0.1, -0.05) is 85.0 Å². The van der Waals surface area contributed by atoms with Crippen LogP contribution in [0.3, 0.4) is 0 Å². The molecule has 29 heavy (non-hydrogen) atoms. The lowest BCUT2D eigenvalue weighted by Crippen LogP contribution is -2.36. The summed E-state index contributed by atoms with van der Waals surface area (Å²) in [7, 11) is 0. The standard InChI is InChI=1S/C27H27NO/c1-2-9-25-21(6-1)7-5-8-22(25)12-13-23-20-24(27-11-4-3-10-26(23)27)14-15-28-16-18-29-19-17-28/h1-13,20,23H,14-19H2/b13-12+. The number of ether oxygens (including phenoxy) is 1. The summed E-state index contributed by atoms with van der Waals surface area (Å²) in [6.45, 7) is 4.96. The number of nitrogens with zero attached hydrogens (tertiary/aromatic N) is 1. The van der Waals surface area contributed by atoms with Gasteiger partial charge in [0.15, 0.2) is 0 Å². The van der Waals surface area contributed by atoms with Gasteiger partial charge in [-0.15, -0.1) is 0 Å². The predicted octanol–water partition coefficient (Wildman–Crippen LogP) is 5.76. The third-order valence-electron chi connectivity index (χ3n) is 6.15. The number of morpholine rings is 1. The van der Waals surface area contributed by atoms with Gasteiger partial charge in [0.1, 0.15) is 0 Å². The molecular formula is C27H27NO. The van der Waals surface area contributed by atoms with Gasteiger partial charge in [-0.2, -0.15) is 0 Å². The van der Waals surface area contributed by atoms with E-state index in [9.17, 15) is 0 Å². The number of rotatable bonds is 5. The maximum atomic E-state index is 5.48. The third kappa shape index (κ3) is 3.91. The highest BCUT2D eigenvalue weighted by Crippen LogP contribution is 2.39. The average molecular weight is 382 g/mol. The Morgan fingerprint density at radius 3 is 2.62 bits per heavy atom. The summed E-state index contributed by atoms with van der Waals surface area (Å²) in [5, 5.41) is 2.61. The van der Waals surface area contributed by atoms with Crippen LogP contribution in [0.25, 0.3) is 22.4 Å². The Kier molecular flexibility index (Phi) is 5.29. The van der Waals surface area contributed by atoms with E-state index in [1.807, 2.05) is 0 Å². The largest absolute Gasteiger partial charge is 0.379 e. The molecule has 1 fully saturated rings. The Morgan fingerprint density at radius 2 is 1.69 bits per heavy atom. The highest BCUT2D eigenvalue weighted by molar-refractivity contribution is 5.90. The van der Waals surface area contributed by atoms with Crippen LogP contribution in [0, 0.1) is 0 Å². The maximum Gasteiger partial charge on any atom is 0.0594 e. The summed E-state index contributed by atoms with van der Waals surface area (Å²) in [5.74, 6) is 0.352. The minimum Gasteiger partial charge on any atom is -0.379 e. The molecule has 3 aromatic rings. The van der Waals surface area contributed by atoms with Crippen LogP contribution in [0.1, 0.15) is 29.0 Å². The second kappa shape index (κ2) is 8.36. The lowest BCUT2D eigenvalue weighted by Gasteiger charge is -2.26. The molecule has 0 aromatic heterocycles. The summed E-state index contributed by atoms with van der Waals surface area (Å²) < 4.78 is 5.48. The topological polar surface area (TPSA) is 12.5 Å². The third-order valence-corrected chi connectivity index (χ3v) is 6.15. The van der Waals surface area contributed by atoms with E-state index < -0.39 is 0 Å². The van der Waals surface area contributed by atoms with Crippen LogP contribution in [0.15, 0.2) is 78.9 Å². The van der Waals surface area contributed by atoms with Crippen LogP contribution in [-0.2, 0) is 4.74 Å². The lowest BCUT2D eigenvalue weighted by molar-refractivity contribution is 0.0390. The van der Waals surface area contributed by atoms with E-state index in [4.69, 9.17) is 4.74 Å². The number of allylic oxidation sites excluding steroid dienone is 2. The minimum atomic E-state index is 0.352. The van der Waals surface area contributed by atoms with Crippen molar-refractivity contribution in [1.29, 1.82) is 0 Å². The van der Waals surface area contributed by atoms with Gasteiger partial charge in [0.25, 0.3) is 0 Å². The van der Waals surface area contributed by atoms with Gasteiger partial charge in [0.05, 0.1) is 13.2 Å². The summed E-state index contributed by atoms with van der Waals surface area (Å²) in [6, 6.07) is 24.0. The molecule has 1 atom stereocenters. The highest BCUT2D eigenvalue weighted by atomic mass is 16.5. The van der Waals surface area contributed by atoms with Gasteiger partial charge in [0.2, 0.25) is 0 Å². The molecule has 1 aliphatic carbocycles. The lowest BCUT2D eigenvalue weighted by atomic mass is 9.97. The van der Waals surface area contributed by atoms with E-state index in [1.54, 1.807) is 0 Å². The molecule has 2 heteroatoms. The number of hydrogen-bond donors (Lipinski definition) is 0. The molecule has 1 saturated heterocycles. The molecule has 0 saturated carbocycles. The normalized spacial score (nSPS) is 19.6. The molecule has 5 rings (SSSR count). The molecule has 0 radical (unpaired) electrons. The van der Waals surface area contributed by atoms with Crippen molar-refractivity contribution in [3.8, 4) is 0 Å². The van der Waals surface area contributed by atoms with Crippen molar-refractivity contribution < 1.29 is 4.74 Å². The van der Waals surface area contributed by atoms with Crippen LogP contribution in [0.5, 0.6) is 0 Å². The van der Waals surface area contributed by atoms with Crippen molar-refractivity contribution in [2.45, 2.75) is 12.3 Å². The Balaban J connectivity index is 1.39. The first-order valence-corrected chi connectivity index (χ1v) is 10.6. The molecule has 2 nitrogen and oxygen atoms in total. The number of benzene rings is 3. The molecule has 2 aliphatic rings. The molecule has 0 bridgehead atoms. The fraction of sp³-hybridized carbons (Fsp3) is 0.259. The molecule has 146 valence electrons. The van der Waals surface area contributed by atoms with Crippen molar-refractivity contribution in [2.75, 3.05) is 32.8 Å². The van der Waals surface area contributed by atoms with Crippen LogP contribution in [0.4, 0.5) is 0 Å². The van der Waals surface area contributed by atoms with Gasteiger partial charge in [-0.25, -0.2) is 0 Å². The van der Waals surface area contributed by atoms with Gasteiger partial charge < -0.3 is 4.74 Å². The Morgan fingerprint density at radius 1 is 0.897 bits per heavy atom. The number of fused-ring (bicyclic) bond motifs is 2. The molecule has 1 aliphatic heterocycles. The Bertz CT molecular complexity index is 1050. The van der Waals surface area contributed by atoms with Crippen molar-refractivity contribution in [3.63, 3.8) is 0 Å². The van der Waals surface area contributed by atoms with E-state index in [0.717, 1.165) is 39.3 Å². The fourth-order valence-electron chi connectivity index (χ4n) is 4.56. The van der Waals surface area contributed by atoms with Gasteiger partial charge in [-0.05, 0) is 39.5 Å². The molecule has 1 unspecified atom stereocenters. The zero-order valence-corrected chi connectivity index (χ0v) is 16.8. The quantitative estimate of drug-likeness (QED) is 0.557. The van der Waals surface area contributed by atoms with Crippen LogP contribution in [0.2, 0.25) is 0 Å². The summed E-state index contributed by atoms with van der Waals surface area (Å²) in [4.78, 5) is 2.52. The first-order chi connectivity index (χ1) is 14.4. The second-order valence-corrected chi connectivity index (χ2v) is 7.94. The van der Waals surface area contributed by atoms with Crippen LogP contribution in [-0.4, -0.2) is 37.7 Å². The molecule has 0 spiro atoms. The maximum absolute atomic E-state index is 5.48. The second-order valence-electron chi connectivity index (χ2n) is 7.94. The van der Waals surface area contributed by atoms with Crippen molar-refractivity contribution in [1.82, 2.24) is 4.90 Å². The first kappa shape index (κ1) is 18.4. The molecule has 3 aromatic carbocycles. The monoisotopic (exact) mass is 381 g/mol. The summed E-state index contributed by atoms with van der Waals surface area (Å²) >= 11 is 0. The average Bonchev–Trinajstić information content (AvgIpc) is 3.15. The van der Waals surface area contributed by atoms with E-state index in [-0.39, 0.29) is 0 Å². The van der Waals surface area contributed by atoms with E-state index in [0.29, 0.717) is 5.92 Å². The van der Waals surface area contributed by atoms with E-state index in [2.05, 4.69) is 89.9 Å². The molecular weight excluding hydrogens is 354 g/mol. The fourth-order valence-corrected chi connectivity index (χ4v) is 4.56. The highest BCUT2D eigenvalue weighted by Gasteiger charge is 2.21. The Labute approximate surface area is 173 Å². The zero-order chi connectivity index (χ0) is 19.5. The SMILES string of the molecule is C1=C(CCN2CCOCC2)c2ccccc2C1/C=C/c1cccc2ccccc12. The van der Waals surface area contributed by atoms with Crippen LogP contribution >= 0.6 is 0 Å². The van der Waals surface area contributed by atoms with Crippen LogP contribution < -0.4 is 0 Å². The van der Waals surface area contributed by atoms with E-state index in [1.165, 1.54) is 33.0 Å². The molecule has 0 N–H and O–H groups in total. The number of hydrogen-bond acceptors (Lipinski definition) is 2. The van der Waals surface area contributed by atoms with Crippen molar-refractivity contribution >= 4 is 22.4 Å². The first-order valence-electron chi connectivity index (χ1n) is 10.6. The zero-order valence-electron chi connectivity index (χ0n) is 16.8. The van der Waals surface area contributed by atoms with Gasteiger partial charge in [0, 0.05) is 25.6 Å². The predicted molar refractivity (Wildman–Crippen MR) is 122 cm³/mol. The van der Waals surface area contributed by atoms with Crippen molar-refractivity contribution in [3.05, 3.63) is 95.6 Å². The molecule has 0 amide bonds. The van der Waals surface area contributed by atoms with Gasteiger partial charge >= 0.3 is 0 Å². The minimum absolute atomic E-state index is 0.352. The van der Waals surface area contributed by atoms with E-state index >= 15 is 0 Å². The van der Waals surface area contributed by atoms with Gasteiger partial charge in [-0.3, -0.25) is 4.90 Å². The smallest absolute Gasteiger partial charge is 0.0594 e. The summed E-state index contributed by atoms with van der Waals surface area (Å²) in [6.07, 6.45) is 8.23. The van der Waals surface area contributed by atoms with Crippen molar-refractivity contribution in [2.24, 2.45) is 0 Å².